The number of hydrogen-bond acceptors (Lipinski definition) is 3. The summed E-state index contributed by atoms with van der Waals surface area (Å²) < 4.78 is 26.4. The molecule has 0 radical (unpaired) electrons. The van der Waals surface area contributed by atoms with Crippen LogP contribution in [0.25, 0.3) is 6.08 Å². The third-order valence-corrected chi connectivity index (χ3v) is 5.71. The smallest absolute Gasteiger partial charge is 0.236 e. The molecule has 2 rings (SSSR count). The molecule has 2 atom stereocenters. The van der Waals surface area contributed by atoms with Crippen LogP contribution in [-0.2, 0) is 14.8 Å². The number of nitrogens with zero attached hydrogens (tertiary/aromatic N) is 1. The van der Waals surface area contributed by atoms with E-state index in [1.807, 2.05) is 38.1 Å². The van der Waals surface area contributed by atoms with Crippen LogP contribution in [-0.4, -0.2) is 31.2 Å². The fourth-order valence-corrected chi connectivity index (χ4v) is 4.06. The number of carbonyl (C=O) groups excluding carboxylic acids is 1. The summed E-state index contributed by atoms with van der Waals surface area (Å²) in [6.45, 7) is 4.00. The van der Waals surface area contributed by atoms with Crippen LogP contribution < -0.4 is 5.73 Å². The molecular weight excluding hydrogens is 300 g/mol. The van der Waals surface area contributed by atoms with Gasteiger partial charge in [-0.2, -0.15) is 4.31 Å². The Balaban J connectivity index is 2.17. The average Bonchev–Trinajstić information content (AvgIpc) is 2.46. The maximum absolute atomic E-state index is 12.5. The average molecular weight is 322 g/mol. The fourth-order valence-electron chi connectivity index (χ4n) is 2.58. The maximum atomic E-state index is 12.5. The molecule has 1 fully saturated rings. The Morgan fingerprint density at radius 1 is 1.27 bits per heavy atom. The minimum Gasteiger partial charge on any atom is -0.369 e. The first-order valence-electron chi connectivity index (χ1n) is 7.35. The minimum absolute atomic E-state index is 0.122. The van der Waals surface area contributed by atoms with Gasteiger partial charge in [0.15, 0.2) is 0 Å². The molecule has 0 spiro atoms. The molecule has 0 aromatic heterocycles. The summed E-state index contributed by atoms with van der Waals surface area (Å²) in [4.78, 5) is 11.3. The van der Waals surface area contributed by atoms with Gasteiger partial charge in [0.25, 0.3) is 0 Å². The second kappa shape index (κ2) is 6.62. The Bertz CT molecular complexity index is 665. The highest BCUT2D eigenvalue weighted by molar-refractivity contribution is 7.92. The largest absolute Gasteiger partial charge is 0.369 e. The number of hydrogen-bond donors (Lipinski definition) is 1. The van der Waals surface area contributed by atoms with Crippen molar-refractivity contribution in [3.63, 3.8) is 0 Å². The van der Waals surface area contributed by atoms with E-state index in [0.717, 1.165) is 11.1 Å². The van der Waals surface area contributed by atoms with Crippen molar-refractivity contribution in [2.75, 3.05) is 6.54 Å². The van der Waals surface area contributed by atoms with Crippen LogP contribution in [0.2, 0.25) is 0 Å². The number of rotatable bonds is 4. The molecule has 2 N–H and O–H groups in total. The molecule has 1 aliphatic rings. The Morgan fingerprint density at radius 3 is 2.50 bits per heavy atom. The summed E-state index contributed by atoms with van der Waals surface area (Å²) >= 11 is 0. The van der Waals surface area contributed by atoms with Gasteiger partial charge in [-0.05, 0) is 38.3 Å². The van der Waals surface area contributed by atoms with E-state index in [9.17, 15) is 13.2 Å². The molecule has 1 amide bonds. The van der Waals surface area contributed by atoms with Crippen molar-refractivity contribution >= 4 is 22.0 Å². The summed E-state index contributed by atoms with van der Waals surface area (Å²) in [6, 6.07) is 7.47. The summed E-state index contributed by atoms with van der Waals surface area (Å²) in [5.74, 6) is -0.839. The molecule has 1 aliphatic heterocycles. The van der Waals surface area contributed by atoms with E-state index < -0.39 is 21.8 Å². The molecule has 120 valence electrons. The van der Waals surface area contributed by atoms with Crippen LogP contribution in [0.4, 0.5) is 0 Å². The molecule has 0 bridgehead atoms. The number of primary amides is 1. The number of sulfonamides is 1. The van der Waals surface area contributed by atoms with E-state index >= 15 is 0 Å². The number of nitrogens with two attached hydrogens (primary N) is 1. The first kappa shape index (κ1) is 16.7. The van der Waals surface area contributed by atoms with Crippen LogP contribution in [0.15, 0.2) is 29.7 Å². The molecule has 1 aromatic carbocycles. The highest BCUT2D eigenvalue weighted by Gasteiger charge is 2.34. The SMILES string of the molecule is Cc1ccc(C=CS(=O)(=O)N2CC(C(N)=O)CCC2C)cc1. The van der Waals surface area contributed by atoms with Crippen molar-refractivity contribution in [2.24, 2.45) is 11.7 Å². The van der Waals surface area contributed by atoms with Gasteiger partial charge in [0.2, 0.25) is 15.9 Å². The molecule has 1 aromatic rings. The second-order valence-corrected chi connectivity index (χ2v) is 7.62. The van der Waals surface area contributed by atoms with Gasteiger partial charge in [-0.25, -0.2) is 8.42 Å². The van der Waals surface area contributed by atoms with Crippen LogP contribution in [0.5, 0.6) is 0 Å². The standard InChI is InChI=1S/C16H22N2O3S/c1-12-3-6-14(7-4-12)9-10-22(20,21)18-11-15(16(17)19)8-5-13(18)2/h3-4,6-7,9-10,13,15H,5,8,11H2,1-2H3,(H2,17,19). The Labute approximate surface area is 131 Å². The number of aryl methyl sites for hydroxylation is 1. The monoisotopic (exact) mass is 322 g/mol. The Kier molecular flexibility index (Phi) is 5.03. The topological polar surface area (TPSA) is 80.5 Å². The summed E-state index contributed by atoms with van der Waals surface area (Å²) in [6.07, 6.45) is 2.87. The Morgan fingerprint density at radius 2 is 1.91 bits per heavy atom. The lowest BCUT2D eigenvalue weighted by Gasteiger charge is -2.34. The van der Waals surface area contributed by atoms with E-state index in [4.69, 9.17) is 5.73 Å². The van der Waals surface area contributed by atoms with E-state index in [2.05, 4.69) is 0 Å². The fraction of sp³-hybridized carbons (Fsp3) is 0.438. The van der Waals surface area contributed by atoms with Gasteiger partial charge in [-0.15, -0.1) is 0 Å². The molecular formula is C16H22N2O3S. The van der Waals surface area contributed by atoms with E-state index in [0.29, 0.717) is 12.8 Å². The van der Waals surface area contributed by atoms with E-state index in [-0.39, 0.29) is 12.6 Å². The van der Waals surface area contributed by atoms with Gasteiger partial charge in [0, 0.05) is 18.0 Å². The molecule has 0 saturated carbocycles. The highest BCUT2D eigenvalue weighted by atomic mass is 32.2. The van der Waals surface area contributed by atoms with Gasteiger partial charge >= 0.3 is 0 Å². The van der Waals surface area contributed by atoms with Crippen molar-refractivity contribution in [3.8, 4) is 0 Å². The normalized spacial score (nSPS) is 23.7. The minimum atomic E-state index is -3.56. The number of piperidine rings is 1. The number of benzene rings is 1. The first-order chi connectivity index (χ1) is 10.3. The molecule has 5 nitrogen and oxygen atoms in total. The van der Waals surface area contributed by atoms with E-state index in [1.54, 1.807) is 6.08 Å². The summed E-state index contributed by atoms with van der Waals surface area (Å²) in [5.41, 5.74) is 7.26. The van der Waals surface area contributed by atoms with Crippen molar-refractivity contribution in [1.29, 1.82) is 0 Å². The summed E-state index contributed by atoms with van der Waals surface area (Å²) in [7, 11) is -3.56. The third kappa shape index (κ3) is 3.96. The van der Waals surface area contributed by atoms with Gasteiger partial charge in [0.05, 0.1) is 5.92 Å². The quantitative estimate of drug-likeness (QED) is 0.919. The molecule has 2 unspecified atom stereocenters. The lowest BCUT2D eigenvalue weighted by molar-refractivity contribution is -0.123. The summed E-state index contributed by atoms with van der Waals surface area (Å²) in [5, 5.41) is 1.21. The maximum Gasteiger partial charge on any atom is 0.236 e. The van der Waals surface area contributed by atoms with Crippen molar-refractivity contribution < 1.29 is 13.2 Å². The van der Waals surface area contributed by atoms with Gasteiger partial charge in [0.1, 0.15) is 0 Å². The molecule has 0 aliphatic carbocycles. The zero-order chi connectivity index (χ0) is 16.3. The second-order valence-electron chi connectivity index (χ2n) is 5.85. The Hall–Kier alpha value is -1.66. The number of carbonyl (C=O) groups is 1. The van der Waals surface area contributed by atoms with Gasteiger partial charge < -0.3 is 5.73 Å². The predicted molar refractivity (Wildman–Crippen MR) is 87.2 cm³/mol. The van der Waals surface area contributed by atoms with Crippen LogP contribution >= 0.6 is 0 Å². The third-order valence-electron chi connectivity index (χ3n) is 4.06. The van der Waals surface area contributed by atoms with E-state index in [1.165, 1.54) is 9.71 Å². The van der Waals surface area contributed by atoms with Crippen LogP contribution in [0.3, 0.4) is 0 Å². The molecule has 6 heteroatoms. The van der Waals surface area contributed by atoms with Crippen molar-refractivity contribution in [2.45, 2.75) is 32.7 Å². The first-order valence-corrected chi connectivity index (χ1v) is 8.86. The van der Waals surface area contributed by atoms with Crippen molar-refractivity contribution in [3.05, 3.63) is 40.8 Å². The van der Waals surface area contributed by atoms with Gasteiger partial charge in [-0.3, -0.25) is 4.79 Å². The van der Waals surface area contributed by atoms with Crippen LogP contribution in [0.1, 0.15) is 30.9 Å². The molecule has 1 saturated heterocycles. The predicted octanol–water partition coefficient (Wildman–Crippen LogP) is 1.88. The van der Waals surface area contributed by atoms with Crippen molar-refractivity contribution in [1.82, 2.24) is 4.31 Å². The highest BCUT2D eigenvalue weighted by Crippen LogP contribution is 2.25. The molecule has 22 heavy (non-hydrogen) atoms. The lowest BCUT2D eigenvalue weighted by Crippen LogP contribution is -2.47. The zero-order valence-corrected chi connectivity index (χ0v) is 13.7. The van der Waals surface area contributed by atoms with Crippen LogP contribution in [0, 0.1) is 12.8 Å². The lowest BCUT2D eigenvalue weighted by atomic mass is 9.95. The van der Waals surface area contributed by atoms with Gasteiger partial charge in [-0.1, -0.05) is 29.8 Å². The molecule has 1 heterocycles. The number of amides is 1. The zero-order valence-electron chi connectivity index (χ0n) is 12.9.